The Morgan fingerprint density at radius 3 is 3.20 bits per heavy atom. The van der Waals surface area contributed by atoms with Gasteiger partial charge in [0.25, 0.3) is 0 Å². The summed E-state index contributed by atoms with van der Waals surface area (Å²) in [6, 6.07) is 5.25. The summed E-state index contributed by atoms with van der Waals surface area (Å²) in [6.07, 6.45) is 2.44. The summed E-state index contributed by atoms with van der Waals surface area (Å²) in [7, 11) is -1.10. The van der Waals surface area contributed by atoms with Crippen LogP contribution in [-0.4, -0.2) is 27.5 Å². The minimum atomic E-state index is -1.10. The van der Waals surface area contributed by atoms with Gasteiger partial charge in [-0.25, -0.2) is 4.98 Å². The Balaban J connectivity index is 2.21. The van der Waals surface area contributed by atoms with Crippen molar-refractivity contribution in [3.8, 4) is 6.07 Å². The third kappa shape index (κ3) is 2.22. The molecule has 0 radical (unpaired) electrons. The van der Waals surface area contributed by atoms with E-state index in [1.165, 1.54) is 6.20 Å². The molecule has 0 aromatic carbocycles. The molecule has 1 fully saturated rings. The van der Waals surface area contributed by atoms with Gasteiger partial charge in [-0.2, -0.15) is 5.26 Å². The predicted molar refractivity (Wildman–Crippen MR) is 56.6 cm³/mol. The molecule has 0 bridgehead atoms. The second-order valence-electron chi connectivity index (χ2n) is 3.41. The van der Waals surface area contributed by atoms with E-state index in [1.807, 2.05) is 6.07 Å². The van der Waals surface area contributed by atoms with Crippen LogP contribution in [0.4, 0.5) is 0 Å². The zero-order chi connectivity index (χ0) is 10.7. The van der Waals surface area contributed by atoms with Crippen molar-refractivity contribution in [1.82, 2.24) is 10.3 Å². The van der Waals surface area contributed by atoms with Crippen molar-refractivity contribution in [3.05, 3.63) is 23.9 Å². The van der Waals surface area contributed by atoms with Crippen LogP contribution in [0.15, 0.2) is 23.4 Å². The number of nitrogens with zero attached hydrogens (tertiary/aromatic N) is 2. The fraction of sp³-hybridized carbons (Fsp3) is 0.400. The monoisotopic (exact) mass is 221 g/mol. The molecule has 15 heavy (non-hydrogen) atoms. The predicted octanol–water partition coefficient (Wildman–Crippen LogP) is 0.423. The molecular formula is C10H11N3OS. The average Bonchev–Trinajstić information content (AvgIpc) is 2.81. The summed E-state index contributed by atoms with van der Waals surface area (Å²) in [6.45, 7) is 1.68. The van der Waals surface area contributed by atoms with Crippen LogP contribution in [0.2, 0.25) is 0 Å². The molecule has 1 N–H and O–H groups in total. The molecule has 5 heteroatoms. The summed E-state index contributed by atoms with van der Waals surface area (Å²) in [5.41, 5.74) is 0.513. The summed E-state index contributed by atoms with van der Waals surface area (Å²) in [5, 5.41) is 12.5. The highest BCUT2D eigenvalue weighted by atomic mass is 32.2. The van der Waals surface area contributed by atoms with Crippen molar-refractivity contribution in [2.75, 3.05) is 13.1 Å². The smallest absolute Gasteiger partial charge is 0.128 e. The van der Waals surface area contributed by atoms with Crippen LogP contribution in [0.5, 0.6) is 0 Å². The molecule has 1 aliphatic heterocycles. The Bertz CT molecular complexity index is 421. The van der Waals surface area contributed by atoms with Crippen molar-refractivity contribution in [1.29, 1.82) is 5.26 Å². The number of nitrogens with one attached hydrogen (secondary N) is 1. The van der Waals surface area contributed by atoms with E-state index in [9.17, 15) is 4.21 Å². The minimum Gasteiger partial charge on any atom is -0.315 e. The van der Waals surface area contributed by atoms with Gasteiger partial charge in [0.2, 0.25) is 0 Å². The molecule has 1 saturated heterocycles. The lowest BCUT2D eigenvalue weighted by Crippen LogP contribution is -2.19. The Labute approximate surface area is 90.8 Å². The third-order valence-electron chi connectivity index (χ3n) is 2.39. The van der Waals surface area contributed by atoms with E-state index in [2.05, 4.69) is 10.3 Å². The third-order valence-corrected chi connectivity index (χ3v) is 4.03. The molecular weight excluding hydrogens is 210 g/mol. The van der Waals surface area contributed by atoms with Crippen molar-refractivity contribution < 1.29 is 4.21 Å². The molecule has 4 nitrogen and oxygen atoms in total. The van der Waals surface area contributed by atoms with E-state index in [1.54, 1.807) is 12.1 Å². The first-order valence-electron chi connectivity index (χ1n) is 4.78. The van der Waals surface area contributed by atoms with Crippen molar-refractivity contribution in [2.45, 2.75) is 16.7 Å². The van der Waals surface area contributed by atoms with Crippen LogP contribution in [0.25, 0.3) is 0 Å². The summed E-state index contributed by atoms with van der Waals surface area (Å²) >= 11 is 0. The molecule has 1 aromatic rings. The standard InChI is InChI=1S/C10H11N3OS/c11-6-8-1-4-13-10(5-8)15(14)9-2-3-12-7-9/h1,4-5,9,12H,2-3,7H2/t9-,15+/m1/s1. The van der Waals surface area contributed by atoms with E-state index < -0.39 is 10.8 Å². The van der Waals surface area contributed by atoms with E-state index in [-0.39, 0.29) is 5.25 Å². The van der Waals surface area contributed by atoms with E-state index in [0.29, 0.717) is 10.6 Å². The molecule has 1 aromatic heterocycles. The fourth-order valence-electron chi connectivity index (χ4n) is 1.57. The molecule has 1 aliphatic rings. The quantitative estimate of drug-likeness (QED) is 0.786. The zero-order valence-electron chi connectivity index (χ0n) is 8.14. The highest BCUT2D eigenvalue weighted by Crippen LogP contribution is 2.14. The van der Waals surface area contributed by atoms with Crippen LogP contribution in [0, 0.1) is 11.3 Å². The SMILES string of the molecule is N#Cc1ccnc([S@@](=O)[C@@H]2CCNC2)c1. The Morgan fingerprint density at radius 2 is 2.53 bits per heavy atom. The molecule has 0 unspecified atom stereocenters. The molecule has 2 rings (SSSR count). The fourth-order valence-corrected chi connectivity index (χ4v) is 2.92. The Kier molecular flexibility index (Phi) is 3.09. The molecule has 0 aliphatic carbocycles. The second kappa shape index (κ2) is 4.51. The first-order chi connectivity index (χ1) is 7.31. The van der Waals surface area contributed by atoms with E-state index in [4.69, 9.17) is 5.26 Å². The highest BCUT2D eigenvalue weighted by molar-refractivity contribution is 7.85. The largest absolute Gasteiger partial charge is 0.315 e. The number of pyridine rings is 1. The van der Waals surface area contributed by atoms with Crippen molar-refractivity contribution >= 4 is 10.8 Å². The van der Waals surface area contributed by atoms with Crippen LogP contribution >= 0.6 is 0 Å². The van der Waals surface area contributed by atoms with Crippen molar-refractivity contribution in [3.63, 3.8) is 0 Å². The molecule has 78 valence electrons. The number of aromatic nitrogens is 1. The lowest BCUT2D eigenvalue weighted by Gasteiger charge is -2.07. The topological polar surface area (TPSA) is 65.8 Å². The van der Waals surface area contributed by atoms with Crippen LogP contribution in [0.1, 0.15) is 12.0 Å². The maximum atomic E-state index is 12.0. The highest BCUT2D eigenvalue weighted by Gasteiger charge is 2.23. The second-order valence-corrected chi connectivity index (χ2v) is 5.09. The van der Waals surface area contributed by atoms with Gasteiger partial charge < -0.3 is 5.32 Å². The average molecular weight is 221 g/mol. The van der Waals surface area contributed by atoms with E-state index >= 15 is 0 Å². The minimum absolute atomic E-state index is 0.131. The number of nitriles is 1. The maximum Gasteiger partial charge on any atom is 0.128 e. The summed E-state index contributed by atoms with van der Waals surface area (Å²) in [4.78, 5) is 4.05. The normalized spacial score (nSPS) is 22.2. The maximum absolute atomic E-state index is 12.0. The van der Waals surface area contributed by atoms with Gasteiger partial charge in [-0.1, -0.05) is 0 Å². The molecule has 0 spiro atoms. The molecule has 0 saturated carbocycles. The van der Waals surface area contributed by atoms with Gasteiger partial charge in [-0.3, -0.25) is 4.21 Å². The van der Waals surface area contributed by atoms with Gasteiger partial charge in [0.05, 0.1) is 27.7 Å². The Hall–Kier alpha value is -1.25. The summed E-state index contributed by atoms with van der Waals surface area (Å²) in [5.74, 6) is 0. The first kappa shape index (κ1) is 10.3. The Morgan fingerprint density at radius 1 is 1.67 bits per heavy atom. The zero-order valence-corrected chi connectivity index (χ0v) is 8.96. The van der Waals surface area contributed by atoms with Gasteiger partial charge >= 0.3 is 0 Å². The first-order valence-corrected chi connectivity index (χ1v) is 6.00. The van der Waals surface area contributed by atoms with Gasteiger partial charge in [0, 0.05) is 12.7 Å². The van der Waals surface area contributed by atoms with Crippen LogP contribution < -0.4 is 5.32 Å². The van der Waals surface area contributed by atoms with Crippen molar-refractivity contribution in [2.24, 2.45) is 0 Å². The van der Waals surface area contributed by atoms with E-state index in [0.717, 1.165) is 19.5 Å². The van der Waals surface area contributed by atoms with Crippen LogP contribution in [0.3, 0.4) is 0 Å². The molecule has 0 amide bonds. The van der Waals surface area contributed by atoms with Gasteiger partial charge in [-0.05, 0) is 25.1 Å². The molecule has 2 atom stereocenters. The summed E-state index contributed by atoms with van der Waals surface area (Å²) < 4.78 is 12.0. The lowest BCUT2D eigenvalue weighted by molar-refractivity contribution is 0.669. The van der Waals surface area contributed by atoms with Gasteiger partial charge in [0.15, 0.2) is 0 Å². The number of rotatable bonds is 2. The van der Waals surface area contributed by atoms with Crippen LogP contribution in [-0.2, 0) is 10.8 Å². The lowest BCUT2D eigenvalue weighted by atomic mass is 10.3. The molecule has 2 heterocycles. The number of hydrogen-bond acceptors (Lipinski definition) is 4. The number of hydrogen-bond donors (Lipinski definition) is 1. The van der Waals surface area contributed by atoms with Gasteiger partial charge in [-0.15, -0.1) is 0 Å². The van der Waals surface area contributed by atoms with Gasteiger partial charge in [0.1, 0.15) is 5.03 Å².